The molecule has 0 atom stereocenters. The van der Waals surface area contributed by atoms with E-state index in [1.807, 2.05) is 30.3 Å². The van der Waals surface area contributed by atoms with Crippen LogP contribution in [0.4, 0.5) is 0 Å². The highest BCUT2D eigenvalue weighted by Gasteiger charge is 2.22. The van der Waals surface area contributed by atoms with Crippen LogP contribution < -0.4 is 10.3 Å². The van der Waals surface area contributed by atoms with Crippen LogP contribution in [0.15, 0.2) is 65.5 Å². The normalized spacial score (nSPS) is 13.1. The maximum atomic E-state index is 12.8. The number of hydrogen-bond acceptors (Lipinski definition) is 3. The van der Waals surface area contributed by atoms with E-state index in [0.717, 1.165) is 42.6 Å². The van der Waals surface area contributed by atoms with Gasteiger partial charge < -0.3 is 4.74 Å². The summed E-state index contributed by atoms with van der Waals surface area (Å²) in [6, 6.07) is 17.5. The summed E-state index contributed by atoms with van der Waals surface area (Å²) in [4.78, 5) is 25.3. The van der Waals surface area contributed by atoms with Gasteiger partial charge in [0.15, 0.2) is 0 Å². The lowest BCUT2D eigenvalue weighted by Gasteiger charge is -2.23. The Morgan fingerprint density at radius 3 is 2.41 bits per heavy atom. The van der Waals surface area contributed by atoms with Crippen molar-refractivity contribution in [2.45, 2.75) is 25.7 Å². The quantitative estimate of drug-likeness (QED) is 0.625. The van der Waals surface area contributed by atoms with Crippen LogP contribution in [0.1, 0.15) is 34.5 Å². The second-order valence-electron chi connectivity index (χ2n) is 6.55. The summed E-state index contributed by atoms with van der Waals surface area (Å²) in [7, 11) is 0. The molecule has 0 radical (unpaired) electrons. The molecule has 0 aliphatic heterocycles. The number of pyridine rings is 1. The largest absolute Gasteiger partial charge is 0.422 e. The highest BCUT2D eigenvalue weighted by molar-refractivity contribution is 6.30. The van der Waals surface area contributed by atoms with Gasteiger partial charge in [-0.1, -0.05) is 29.8 Å². The molecule has 27 heavy (non-hydrogen) atoms. The van der Waals surface area contributed by atoms with Crippen molar-refractivity contribution in [1.82, 2.24) is 4.57 Å². The van der Waals surface area contributed by atoms with Crippen LogP contribution in [0.5, 0.6) is 5.75 Å². The lowest BCUT2D eigenvalue weighted by molar-refractivity contribution is 0.0732. The summed E-state index contributed by atoms with van der Waals surface area (Å²) in [5.41, 5.74) is 2.90. The maximum Gasteiger partial charge on any atom is 0.343 e. The molecule has 0 saturated carbocycles. The third-order valence-corrected chi connectivity index (χ3v) is 5.03. The fourth-order valence-electron chi connectivity index (χ4n) is 3.49. The lowest BCUT2D eigenvalue weighted by Crippen LogP contribution is -2.26. The Balaban J connectivity index is 1.76. The second kappa shape index (κ2) is 7.41. The SMILES string of the molecule is O=C(Oc1cc(=O)n(-c2ccccc2)c2c1CCCC2)c1ccc(Cl)cc1. The highest BCUT2D eigenvalue weighted by Crippen LogP contribution is 2.30. The number of fused-ring (bicyclic) bond motifs is 1. The summed E-state index contributed by atoms with van der Waals surface area (Å²) >= 11 is 5.87. The lowest BCUT2D eigenvalue weighted by atomic mass is 9.94. The monoisotopic (exact) mass is 379 g/mol. The van der Waals surface area contributed by atoms with Gasteiger partial charge in [-0.3, -0.25) is 9.36 Å². The third-order valence-electron chi connectivity index (χ3n) is 4.78. The number of aromatic nitrogens is 1. The Kier molecular flexibility index (Phi) is 4.82. The fourth-order valence-corrected chi connectivity index (χ4v) is 3.62. The number of rotatable bonds is 3. The minimum absolute atomic E-state index is 0.194. The summed E-state index contributed by atoms with van der Waals surface area (Å²) < 4.78 is 7.35. The molecular weight excluding hydrogens is 362 g/mol. The minimum Gasteiger partial charge on any atom is -0.422 e. The van der Waals surface area contributed by atoms with Crippen molar-refractivity contribution in [1.29, 1.82) is 0 Å². The molecule has 1 heterocycles. The topological polar surface area (TPSA) is 48.3 Å². The van der Waals surface area contributed by atoms with Crippen LogP contribution >= 0.6 is 11.6 Å². The standard InChI is InChI=1S/C22H18ClNO3/c23-16-12-10-15(11-13-16)22(26)27-20-14-21(25)24(17-6-2-1-3-7-17)19-9-5-4-8-18(19)20/h1-3,6-7,10-14H,4-5,8-9H2. The zero-order chi connectivity index (χ0) is 18.8. The van der Waals surface area contributed by atoms with E-state index >= 15 is 0 Å². The number of esters is 1. The first kappa shape index (κ1) is 17.6. The molecule has 2 aromatic carbocycles. The first-order valence-electron chi connectivity index (χ1n) is 8.94. The summed E-state index contributed by atoms with van der Waals surface area (Å²) in [5.74, 6) is -0.127. The van der Waals surface area contributed by atoms with Crippen LogP contribution in [0, 0.1) is 0 Å². The van der Waals surface area contributed by atoms with E-state index in [9.17, 15) is 9.59 Å². The van der Waals surface area contributed by atoms with Crippen LogP contribution in [0.3, 0.4) is 0 Å². The molecule has 0 bridgehead atoms. The average Bonchev–Trinajstić information content (AvgIpc) is 2.69. The van der Waals surface area contributed by atoms with E-state index in [1.54, 1.807) is 28.8 Å². The van der Waals surface area contributed by atoms with Gasteiger partial charge in [-0.05, 0) is 62.1 Å². The van der Waals surface area contributed by atoms with E-state index in [2.05, 4.69) is 0 Å². The second-order valence-corrected chi connectivity index (χ2v) is 6.98. The zero-order valence-electron chi connectivity index (χ0n) is 14.7. The number of ether oxygens (including phenoxy) is 1. The van der Waals surface area contributed by atoms with Gasteiger partial charge in [-0.15, -0.1) is 0 Å². The van der Waals surface area contributed by atoms with E-state index in [0.29, 0.717) is 16.3 Å². The molecule has 0 fully saturated rings. The van der Waals surface area contributed by atoms with Crippen LogP contribution in [0.25, 0.3) is 5.69 Å². The molecule has 0 saturated heterocycles. The average molecular weight is 380 g/mol. The van der Waals surface area contributed by atoms with Crippen molar-refractivity contribution in [2.75, 3.05) is 0 Å². The smallest absolute Gasteiger partial charge is 0.343 e. The molecule has 0 unspecified atom stereocenters. The molecular formula is C22H18ClNO3. The molecule has 136 valence electrons. The van der Waals surface area contributed by atoms with Crippen molar-refractivity contribution >= 4 is 17.6 Å². The minimum atomic E-state index is -0.490. The van der Waals surface area contributed by atoms with E-state index in [4.69, 9.17) is 16.3 Å². The molecule has 3 aromatic rings. The fraction of sp³-hybridized carbons (Fsp3) is 0.182. The molecule has 4 nitrogen and oxygen atoms in total. The number of halogens is 1. The summed E-state index contributed by atoms with van der Waals surface area (Å²) in [5, 5.41) is 0.550. The van der Waals surface area contributed by atoms with Gasteiger partial charge in [-0.25, -0.2) is 4.79 Å². The number of carbonyl (C=O) groups excluding carboxylic acids is 1. The Bertz CT molecular complexity index is 1040. The van der Waals surface area contributed by atoms with Crippen molar-refractivity contribution in [2.24, 2.45) is 0 Å². The van der Waals surface area contributed by atoms with Crippen LogP contribution in [0.2, 0.25) is 5.02 Å². The van der Waals surface area contributed by atoms with E-state index in [1.165, 1.54) is 6.07 Å². The Morgan fingerprint density at radius 2 is 1.67 bits per heavy atom. The van der Waals surface area contributed by atoms with Crippen molar-refractivity contribution in [3.63, 3.8) is 0 Å². The predicted octanol–water partition coefficient (Wildman–Crippen LogP) is 4.59. The van der Waals surface area contributed by atoms with Crippen molar-refractivity contribution < 1.29 is 9.53 Å². The van der Waals surface area contributed by atoms with Gasteiger partial charge in [0.1, 0.15) is 5.75 Å². The Morgan fingerprint density at radius 1 is 0.963 bits per heavy atom. The predicted molar refractivity (Wildman–Crippen MR) is 105 cm³/mol. The van der Waals surface area contributed by atoms with E-state index in [-0.39, 0.29) is 5.56 Å². The third kappa shape index (κ3) is 3.53. The molecule has 1 aliphatic rings. The van der Waals surface area contributed by atoms with Gasteiger partial charge in [0.05, 0.1) is 5.56 Å². The first-order chi connectivity index (χ1) is 13.1. The van der Waals surface area contributed by atoms with Crippen molar-refractivity contribution in [3.05, 3.63) is 92.9 Å². The molecule has 1 aromatic heterocycles. The van der Waals surface area contributed by atoms with Crippen molar-refractivity contribution in [3.8, 4) is 11.4 Å². The van der Waals surface area contributed by atoms with E-state index < -0.39 is 5.97 Å². The Hall–Kier alpha value is -2.85. The summed E-state index contributed by atoms with van der Waals surface area (Å²) in [6.45, 7) is 0. The van der Waals surface area contributed by atoms with Gasteiger partial charge in [-0.2, -0.15) is 0 Å². The van der Waals surface area contributed by atoms with Gasteiger partial charge >= 0.3 is 5.97 Å². The number of nitrogens with zero attached hydrogens (tertiary/aromatic N) is 1. The molecule has 4 rings (SSSR count). The summed E-state index contributed by atoms with van der Waals surface area (Å²) in [6.07, 6.45) is 3.58. The van der Waals surface area contributed by atoms with Crippen LogP contribution in [-0.4, -0.2) is 10.5 Å². The van der Waals surface area contributed by atoms with Gasteiger partial charge in [0.2, 0.25) is 0 Å². The zero-order valence-corrected chi connectivity index (χ0v) is 15.4. The number of carbonyl (C=O) groups is 1. The molecule has 1 aliphatic carbocycles. The first-order valence-corrected chi connectivity index (χ1v) is 9.32. The van der Waals surface area contributed by atoms with Gasteiger partial charge in [0, 0.05) is 28.0 Å². The maximum absolute atomic E-state index is 12.8. The van der Waals surface area contributed by atoms with Crippen LogP contribution in [-0.2, 0) is 12.8 Å². The molecule has 5 heteroatoms. The Labute approximate surface area is 162 Å². The highest BCUT2D eigenvalue weighted by atomic mass is 35.5. The number of hydrogen-bond donors (Lipinski definition) is 0. The number of para-hydroxylation sites is 1. The molecule has 0 N–H and O–H groups in total. The molecule has 0 amide bonds. The number of benzene rings is 2. The van der Waals surface area contributed by atoms with Gasteiger partial charge in [0.25, 0.3) is 5.56 Å². The molecule has 0 spiro atoms.